The Morgan fingerprint density at radius 3 is 2.62 bits per heavy atom. The number of fused-ring (bicyclic) bond motifs is 1. The third kappa shape index (κ3) is 3.77. The summed E-state index contributed by atoms with van der Waals surface area (Å²) in [5.74, 6) is 0.391. The number of methoxy groups -OCH3 is 1. The van der Waals surface area contributed by atoms with Gasteiger partial charge in [-0.3, -0.25) is 9.59 Å². The van der Waals surface area contributed by atoms with Crippen LogP contribution in [0.4, 0.5) is 0 Å². The van der Waals surface area contributed by atoms with Gasteiger partial charge in [-0.05, 0) is 24.3 Å². The van der Waals surface area contributed by atoms with Gasteiger partial charge in [0.25, 0.3) is 0 Å². The molecule has 0 atom stereocenters. The van der Waals surface area contributed by atoms with E-state index in [9.17, 15) is 9.59 Å². The van der Waals surface area contributed by atoms with E-state index in [1.54, 1.807) is 36.4 Å². The molecular weight excluding hydrogens is 340 g/mol. The number of hydrogen-bond donors (Lipinski definition) is 1. The predicted octanol–water partition coefficient (Wildman–Crippen LogP) is 3.45. The summed E-state index contributed by atoms with van der Waals surface area (Å²) in [6.45, 7) is 0.0278. The van der Waals surface area contributed by atoms with Crippen LogP contribution in [0.2, 0.25) is 0 Å². The molecule has 2 aromatic carbocycles. The number of para-hydroxylation sites is 2. The van der Waals surface area contributed by atoms with Crippen LogP contribution < -0.4 is 19.6 Å². The normalized spacial score (nSPS) is 10.5. The maximum absolute atomic E-state index is 12.6. The lowest BCUT2D eigenvalue weighted by molar-refractivity contribution is -0.137. The van der Waals surface area contributed by atoms with Gasteiger partial charge >= 0.3 is 5.97 Å². The first kappa shape index (κ1) is 17.3. The largest absolute Gasteiger partial charge is 0.493 e. The van der Waals surface area contributed by atoms with Gasteiger partial charge in [0.2, 0.25) is 11.2 Å². The number of carboxylic acid groups (broad SMARTS) is 1. The summed E-state index contributed by atoms with van der Waals surface area (Å²) in [6, 6.07) is 11.6. The molecule has 0 saturated carbocycles. The molecule has 1 N–H and O–H groups in total. The minimum absolute atomic E-state index is 0.0278. The van der Waals surface area contributed by atoms with E-state index in [0.717, 1.165) is 0 Å². The van der Waals surface area contributed by atoms with Crippen molar-refractivity contribution < 1.29 is 28.5 Å². The van der Waals surface area contributed by atoms with Crippen molar-refractivity contribution in [1.29, 1.82) is 0 Å². The lowest BCUT2D eigenvalue weighted by atomic mass is 10.2. The van der Waals surface area contributed by atoms with Crippen molar-refractivity contribution in [2.24, 2.45) is 0 Å². The number of hydrogen-bond acceptors (Lipinski definition) is 6. The molecule has 0 radical (unpaired) electrons. The number of carboxylic acids is 1. The zero-order valence-corrected chi connectivity index (χ0v) is 13.9. The third-order valence-electron chi connectivity index (χ3n) is 3.59. The van der Waals surface area contributed by atoms with Crippen LogP contribution in [0.3, 0.4) is 0 Å². The summed E-state index contributed by atoms with van der Waals surface area (Å²) in [4.78, 5) is 23.1. The van der Waals surface area contributed by atoms with E-state index in [1.165, 1.54) is 19.4 Å². The molecule has 7 nitrogen and oxygen atoms in total. The van der Waals surface area contributed by atoms with Gasteiger partial charge in [0, 0.05) is 6.07 Å². The summed E-state index contributed by atoms with van der Waals surface area (Å²) in [5.41, 5.74) is -0.0237. The van der Waals surface area contributed by atoms with E-state index in [-0.39, 0.29) is 24.2 Å². The van der Waals surface area contributed by atoms with Crippen LogP contribution in [0.25, 0.3) is 11.0 Å². The second kappa shape index (κ2) is 7.60. The predicted molar refractivity (Wildman–Crippen MR) is 93.3 cm³/mol. The van der Waals surface area contributed by atoms with Crippen LogP contribution >= 0.6 is 0 Å². The molecule has 0 fully saturated rings. The van der Waals surface area contributed by atoms with Crippen molar-refractivity contribution in [3.8, 4) is 23.0 Å². The second-order valence-corrected chi connectivity index (χ2v) is 5.33. The Morgan fingerprint density at radius 2 is 1.88 bits per heavy atom. The molecule has 0 bridgehead atoms. The van der Waals surface area contributed by atoms with Gasteiger partial charge in [0.1, 0.15) is 17.6 Å². The molecule has 0 spiro atoms. The standard InChI is InChI=1S/C19H16O7/c1-23-14-4-2-3-5-15(14)26-17-11-25-16-10-12(24-9-8-18(20)21)6-7-13(16)19(17)22/h2-7,10-11H,8-9H2,1H3,(H,20,21). The zero-order valence-electron chi connectivity index (χ0n) is 13.9. The quantitative estimate of drug-likeness (QED) is 0.693. The van der Waals surface area contributed by atoms with Gasteiger partial charge in [-0.25, -0.2) is 0 Å². The van der Waals surface area contributed by atoms with Crippen LogP contribution in [-0.2, 0) is 4.79 Å². The van der Waals surface area contributed by atoms with Crippen molar-refractivity contribution in [2.45, 2.75) is 6.42 Å². The van der Waals surface area contributed by atoms with Gasteiger partial charge in [0.05, 0.1) is 25.5 Å². The Kier molecular flexibility index (Phi) is 5.07. The van der Waals surface area contributed by atoms with E-state index in [2.05, 4.69) is 0 Å². The maximum atomic E-state index is 12.6. The summed E-state index contributed by atoms with van der Waals surface area (Å²) in [7, 11) is 1.51. The summed E-state index contributed by atoms with van der Waals surface area (Å²) < 4.78 is 21.6. The fourth-order valence-electron chi connectivity index (χ4n) is 2.33. The molecular formula is C19H16O7. The summed E-state index contributed by atoms with van der Waals surface area (Å²) in [6.07, 6.45) is 1.10. The SMILES string of the molecule is COc1ccccc1Oc1coc2cc(OCCC(=O)O)ccc2c1=O. The number of rotatable bonds is 7. The minimum Gasteiger partial charge on any atom is -0.493 e. The molecule has 1 heterocycles. The van der Waals surface area contributed by atoms with E-state index < -0.39 is 5.97 Å². The second-order valence-electron chi connectivity index (χ2n) is 5.33. The van der Waals surface area contributed by atoms with Gasteiger partial charge in [0.15, 0.2) is 11.5 Å². The molecule has 0 aliphatic rings. The van der Waals surface area contributed by atoms with E-state index in [4.69, 9.17) is 23.7 Å². The van der Waals surface area contributed by atoms with Gasteiger partial charge in [-0.1, -0.05) is 12.1 Å². The van der Waals surface area contributed by atoms with Crippen molar-refractivity contribution in [2.75, 3.05) is 13.7 Å². The number of ether oxygens (including phenoxy) is 3. The summed E-state index contributed by atoms with van der Waals surface area (Å²) in [5, 5.41) is 8.95. The number of benzene rings is 2. The highest BCUT2D eigenvalue weighted by Gasteiger charge is 2.12. The molecule has 0 amide bonds. The molecule has 1 aromatic heterocycles. The average molecular weight is 356 g/mol. The van der Waals surface area contributed by atoms with Crippen molar-refractivity contribution in [3.05, 3.63) is 59.0 Å². The van der Waals surface area contributed by atoms with Crippen molar-refractivity contribution in [3.63, 3.8) is 0 Å². The molecule has 3 aromatic rings. The first-order valence-corrected chi connectivity index (χ1v) is 7.79. The van der Waals surface area contributed by atoms with Gasteiger partial charge < -0.3 is 23.7 Å². The highest BCUT2D eigenvalue weighted by atomic mass is 16.5. The molecule has 0 aliphatic heterocycles. The molecule has 7 heteroatoms. The number of aliphatic carboxylic acids is 1. The Balaban J connectivity index is 1.86. The Hall–Kier alpha value is -3.48. The molecule has 0 saturated heterocycles. The van der Waals surface area contributed by atoms with E-state index in [0.29, 0.717) is 28.2 Å². The average Bonchev–Trinajstić information content (AvgIpc) is 2.64. The highest BCUT2D eigenvalue weighted by molar-refractivity contribution is 5.79. The van der Waals surface area contributed by atoms with Crippen LogP contribution in [-0.4, -0.2) is 24.8 Å². The van der Waals surface area contributed by atoms with Crippen LogP contribution in [0, 0.1) is 0 Å². The third-order valence-corrected chi connectivity index (χ3v) is 3.59. The Morgan fingerprint density at radius 1 is 1.12 bits per heavy atom. The number of carbonyl (C=O) groups is 1. The molecule has 134 valence electrons. The highest BCUT2D eigenvalue weighted by Crippen LogP contribution is 2.30. The monoisotopic (exact) mass is 356 g/mol. The van der Waals surface area contributed by atoms with Crippen LogP contribution in [0.5, 0.6) is 23.0 Å². The van der Waals surface area contributed by atoms with Gasteiger partial charge in [-0.15, -0.1) is 0 Å². The zero-order chi connectivity index (χ0) is 18.5. The smallest absolute Gasteiger partial charge is 0.306 e. The summed E-state index contributed by atoms with van der Waals surface area (Å²) >= 11 is 0. The first-order chi connectivity index (χ1) is 12.6. The lowest BCUT2D eigenvalue weighted by Crippen LogP contribution is -2.07. The topological polar surface area (TPSA) is 95.2 Å². The lowest BCUT2D eigenvalue weighted by Gasteiger charge is -2.10. The van der Waals surface area contributed by atoms with Crippen molar-refractivity contribution >= 4 is 16.9 Å². The fraction of sp³-hybridized carbons (Fsp3) is 0.158. The van der Waals surface area contributed by atoms with E-state index in [1.807, 2.05) is 0 Å². The first-order valence-electron chi connectivity index (χ1n) is 7.79. The Bertz CT molecular complexity index is 991. The molecule has 26 heavy (non-hydrogen) atoms. The Labute approximate surface area is 148 Å². The molecule has 3 rings (SSSR count). The minimum atomic E-state index is -0.949. The fourth-order valence-corrected chi connectivity index (χ4v) is 2.33. The molecule has 0 aliphatic carbocycles. The molecule has 0 unspecified atom stereocenters. The van der Waals surface area contributed by atoms with Crippen LogP contribution in [0.15, 0.2) is 57.9 Å². The van der Waals surface area contributed by atoms with Crippen LogP contribution in [0.1, 0.15) is 6.42 Å². The van der Waals surface area contributed by atoms with E-state index >= 15 is 0 Å². The maximum Gasteiger partial charge on any atom is 0.306 e. The van der Waals surface area contributed by atoms with Gasteiger partial charge in [-0.2, -0.15) is 0 Å². The van der Waals surface area contributed by atoms with Crippen molar-refractivity contribution in [1.82, 2.24) is 0 Å².